The van der Waals surface area contributed by atoms with Crippen molar-refractivity contribution in [2.45, 2.75) is 6.92 Å². The van der Waals surface area contributed by atoms with Crippen molar-refractivity contribution < 1.29 is 4.39 Å². The number of nitrogen functional groups attached to an aromatic ring is 1. The predicted molar refractivity (Wildman–Crippen MR) is 64.4 cm³/mol. The van der Waals surface area contributed by atoms with Gasteiger partial charge in [0, 0.05) is 10.0 Å². The van der Waals surface area contributed by atoms with Crippen LogP contribution in [-0.2, 0) is 0 Å². The lowest BCUT2D eigenvalue weighted by Crippen LogP contribution is -1.89. The van der Waals surface area contributed by atoms with Gasteiger partial charge in [0.15, 0.2) is 0 Å². The number of nitrogens with two attached hydrogens (primary N) is 1. The minimum atomic E-state index is -0.310. The molecule has 0 bridgehead atoms. The molecule has 0 saturated heterocycles. The summed E-state index contributed by atoms with van der Waals surface area (Å²) in [6, 6.07) is 4.72. The van der Waals surface area contributed by atoms with Crippen LogP contribution in [0.2, 0.25) is 0 Å². The van der Waals surface area contributed by atoms with Gasteiger partial charge >= 0.3 is 0 Å². The molecular weight excluding hydrogens is 279 g/mol. The zero-order valence-corrected chi connectivity index (χ0v) is 10.3. The fraction of sp³-hybridized carbons (Fsp3) is 0.100. The Bertz CT molecular complexity index is 510. The van der Waals surface area contributed by atoms with E-state index in [1.807, 2.05) is 6.92 Å². The Morgan fingerprint density at radius 2 is 2.20 bits per heavy atom. The molecule has 2 nitrogen and oxygen atoms in total. The van der Waals surface area contributed by atoms with Gasteiger partial charge in [0.2, 0.25) is 0 Å². The summed E-state index contributed by atoms with van der Waals surface area (Å²) in [4.78, 5) is 4.22. The Kier molecular flexibility index (Phi) is 2.75. The maximum atomic E-state index is 13.5. The first-order chi connectivity index (χ1) is 7.08. The first kappa shape index (κ1) is 10.6. The fourth-order valence-electron chi connectivity index (χ4n) is 1.31. The molecule has 0 amide bonds. The molecule has 0 aliphatic rings. The average molecular weight is 287 g/mol. The Balaban J connectivity index is 2.62. The summed E-state index contributed by atoms with van der Waals surface area (Å²) >= 11 is 4.66. The summed E-state index contributed by atoms with van der Waals surface area (Å²) in [6.07, 6.45) is 0. The van der Waals surface area contributed by atoms with Crippen molar-refractivity contribution in [1.29, 1.82) is 0 Å². The Hall–Kier alpha value is -0.940. The van der Waals surface area contributed by atoms with E-state index in [4.69, 9.17) is 5.73 Å². The van der Waals surface area contributed by atoms with Gasteiger partial charge in [0.1, 0.15) is 16.5 Å². The molecule has 2 rings (SSSR count). The number of nitrogens with zero attached hydrogens (tertiary/aromatic N) is 1. The van der Waals surface area contributed by atoms with Gasteiger partial charge in [-0.15, -0.1) is 11.3 Å². The third-order valence-electron chi connectivity index (χ3n) is 1.94. The largest absolute Gasteiger partial charge is 0.389 e. The Morgan fingerprint density at radius 3 is 2.80 bits per heavy atom. The number of hydrogen-bond acceptors (Lipinski definition) is 3. The third-order valence-corrected chi connectivity index (χ3v) is 3.24. The number of rotatable bonds is 1. The molecule has 1 heterocycles. The number of aromatic nitrogens is 1. The van der Waals surface area contributed by atoms with Crippen molar-refractivity contribution in [2.75, 3.05) is 5.73 Å². The van der Waals surface area contributed by atoms with Crippen molar-refractivity contribution in [3.8, 4) is 11.3 Å². The summed E-state index contributed by atoms with van der Waals surface area (Å²) in [5, 5.41) is 1.38. The van der Waals surface area contributed by atoms with Gasteiger partial charge in [-0.05, 0) is 25.1 Å². The van der Waals surface area contributed by atoms with Crippen LogP contribution < -0.4 is 5.73 Å². The molecular formula is C10H8BrFN2S. The van der Waals surface area contributed by atoms with E-state index in [2.05, 4.69) is 20.9 Å². The number of halogens is 2. The molecule has 0 aliphatic carbocycles. The quantitative estimate of drug-likeness (QED) is 0.870. The molecule has 2 aromatic rings. The van der Waals surface area contributed by atoms with Crippen LogP contribution >= 0.6 is 27.3 Å². The van der Waals surface area contributed by atoms with Crippen LogP contribution in [0.3, 0.4) is 0 Å². The van der Waals surface area contributed by atoms with Gasteiger partial charge in [-0.3, -0.25) is 0 Å². The molecule has 0 unspecified atom stereocenters. The molecule has 78 valence electrons. The van der Waals surface area contributed by atoms with Crippen LogP contribution in [-0.4, -0.2) is 4.98 Å². The Labute approximate surface area is 99.1 Å². The highest BCUT2D eigenvalue weighted by atomic mass is 79.9. The summed E-state index contributed by atoms with van der Waals surface area (Å²) in [5.41, 5.74) is 6.73. The zero-order valence-electron chi connectivity index (χ0n) is 7.92. The summed E-state index contributed by atoms with van der Waals surface area (Å²) in [7, 11) is 0. The number of thiazole rings is 1. The SMILES string of the molecule is Cc1nc(-c2cc(Br)ccc2F)c(N)s1. The van der Waals surface area contributed by atoms with Crippen molar-refractivity contribution in [3.63, 3.8) is 0 Å². The van der Waals surface area contributed by atoms with Crippen LogP contribution in [0.15, 0.2) is 22.7 Å². The van der Waals surface area contributed by atoms with E-state index in [1.54, 1.807) is 12.1 Å². The molecule has 0 aliphatic heterocycles. The van der Waals surface area contributed by atoms with E-state index in [9.17, 15) is 4.39 Å². The summed E-state index contributed by atoms with van der Waals surface area (Å²) in [5.74, 6) is -0.310. The molecule has 0 spiro atoms. The molecule has 0 radical (unpaired) electrons. The van der Waals surface area contributed by atoms with E-state index in [0.29, 0.717) is 16.3 Å². The lowest BCUT2D eigenvalue weighted by atomic mass is 10.1. The lowest BCUT2D eigenvalue weighted by molar-refractivity contribution is 0.630. The molecule has 1 aromatic carbocycles. The molecule has 15 heavy (non-hydrogen) atoms. The molecule has 0 saturated carbocycles. The van der Waals surface area contributed by atoms with Gasteiger partial charge in [-0.2, -0.15) is 0 Å². The van der Waals surface area contributed by atoms with E-state index in [-0.39, 0.29) is 5.82 Å². The monoisotopic (exact) mass is 286 g/mol. The molecule has 1 aromatic heterocycles. The van der Waals surface area contributed by atoms with Crippen molar-refractivity contribution >= 4 is 32.3 Å². The van der Waals surface area contributed by atoms with E-state index in [1.165, 1.54) is 17.4 Å². The van der Waals surface area contributed by atoms with Crippen molar-refractivity contribution in [1.82, 2.24) is 4.98 Å². The lowest BCUT2D eigenvalue weighted by Gasteiger charge is -2.01. The number of hydrogen-bond donors (Lipinski definition) is 1. The zero-order chi connectivity index (χ0) is 11.0. The maximum absolute atomic E-state index is 13.5. The molecule has 0 atom stereocenters. The second kappa shape index (κ2) is 3.90. The maximum Gasteiger partial charge on any atom is 0.132 e. The minimum Gasteiger partial charge on any atom is -0.389 e. The van der Waals surface area contributed by atoms with Crippen molar-refractivity contribution in [2.24, 2.45) is 0 Å². The predicted octanol–water partition coefficient (Wildman–Crippen LogP) is 3.60. The number of benzene rings is 1. The topological polar surface area (TPSA) is 38.9 Å². The molecule has 5 heteroatoms. The first-order valence-electron chi connectivity index (χ1n) is 4.26. The second-order valence-electron chi connectivity index (χ2n) is 3.07. The van der Waals surface area contributed by atoms with Crippen LogP contribution in [0, 0.1) is 12.7 Å². The van der Waals surface area contributed by atoms with E-state index < -0.39 is 0 Å². The molecule has 0 fully saturated rings. The van der Waals surface area contributed by atoms with Crippen LogP contribution in [0.5, 0.6) is 0 Å². The first-order valence-corrected chi connectivity index (χ1v) is 5.87. The van der Waals surface area contributed by atoms with E-state index >= 15 is 0 Å². The van der Waals surface area contributed by atoms with Gasteiger partial charge in [0.25, 0.3) is 0 Å². The highest BCUT2D eigenvalue weighted by Gasteiger charge is 2.13. The standard InChI is InChI=1S/C10H8BrFN2S/c1-5-14-9(10(13)15-5)7-4-6(11)2-3-8(7)12/h2-4H,13H2,1H3. The third kappa shape index (κ3) is 2.03. The van der Waals surface area contributed by atoms with Gasteiger partial charge in [0.05, 0.1) is 5.01 Å². The number of anilines is 1. The summed E-state index contributed by atoms with van der Waals surface area (Å²) in [6.45, 7) is 1.85. The van der Waals surface area contributed by atoms with Crippen molar-refractivity contribution in [3.05, 3.63) is 33.5 Å². The molecule has 2 N–H and O–H groups in total. The normalized spacial score (nSPS) is 10.6. The fourth-order valence-corrected chi connectivity index (χ4v) is 2.38. The minimum absolute atomic E-state index is 0.310. The average Bonchev–Trinajstić information content (AvgIpc) is 2.50. The van der Waals surface area contributed by atoms with Gasteiger partial charge in [-0.25, -0.2) is 9.37 Å². The smallest absolute Gasteiger partial charge is 0.132 e. The highest BCUT2D eigenvalue weighted by molar-refractivity contribution is 9.10. The summed E-state index contributed by atoms with van der Waals surface area (Å²) < 4.78 is 14.3. The van der Waals surface area contributed by atoms with Crippen LogP contribution in [0.4, 0.5) is 9.39 Å². The highest BCUT2D eigenvalue weighted by Crippen LogP contribution is 2.33. The van der Waals surface area contributed by atoms with Crippen LogP contribution in [0.25, 0.3) is 11.3 Å². The van der Waals surface area contributed by atoms with Gasteiger partial charge in [-0.1, -0.05) is 15.9 Å². The van der Waals surface area contributed by atoms with E-state index in [0.717, 1.165) is 9.48 Å². The second-order valence-corrected chi connectivity index (χ2v) is 5.22. The number of aryl methyl sites for hydroxylation is 1. The van der Waals surface area contributed by atoms with Crippen LogP contribution in [0.1, 0.15) is 5.01 Å². The van der Waals surface area contributed by atoms with Gasteiger partial charge < -0.3 is 5.73 Å². The Morgan fingerprint density at radius 1 is 1.47 bits per heavy atom.